The van der Waals surface area contributed by atoms with Crippen LogP contribution in [0.1, 0.15) is 17.0 Å². The van der Waals surface area contributed by atoms with Crippen LogP contribution in [0.4, 0.5) is 0 Å². The Balaban J connectivity index is 1.62. The zero-order valence-corrected chi connectivity index (χ0v) is 12.7. The molecule has 3 aromatic rings. The Morgan fingerprint density at radius 2 is 2.00 bits per heavy atom. The molecule has 0 bridgehead atoms. The van der Waals surface area contributed by atoms with Crippen LogP contribution in [-0.2, 0) is 19.5 Å². The van der Waals surface area contributed by atoms with Crippen LogP contribution in [0, 0.1) is 0 Å². The van der Waals surface area contributed by atoms with Gasteiger partial charge in [0, 0.05) is 43.5 Å². The molecule has 0 unspecified atom stereocenters. The molecule has 2 N–H and O–H groups in total. The Kier molecular flexibility index (Phi) is 3.55. The van der Waals surface area contributed by atoms with E-state index in [1.807, 2.05) is 42.6 Å². The van der Waals surface area contributed by atoms with Crippen molar-refractivity contribution >= 4 is 0 Å². The minimum Gasteiger partial charge on any atom is -0.364 e. The summed E-state index contributed by atoms with van der Waals surface area (Å²) in [5, 5.41) is 0. The molecular formula is C18H18N4O. The number of fused-ring (bicyclic) bond motifs is 1. The zero-order valence-electron chi connectivity index (χ0n) is 12.7. The van der Waals surface area contributed by atoms with Crippen molar-refractivity contribution in [2.45, 2.75) is 19.5 Å². The number of H-pyrrole nitrogens is 2. The third-order valence-corrected chi connectivity index (χ3v) is 4.25. The van der Waals surface area contributed by atoms with Crippen molar-refractivity contribution in [1.29, 1.82) is 0 Å². The second-order valence-electron chi connectivity index (χ2n) is 5.86. The first kappa shape index (κ1) is 14.0. The quantitative estimate of drug-likeness (QED) is 0.780. The molecule has 0 saturated heterocycles. The summed E-state index contributed by atoms with van der Waals surface area (Å²) in [7, 11) is 0. The molecule has 0 atom stereocenters. The van der Waals surface area contributed by atoms with E-state index in [0.29, 0.717) is 12.4 Å². The van der Waals surface area contributed by atoms with Gasteiger partial charge in [-0.3, -0.25) is 9.69 Å². The van der Waals surface area contributed by atoms with E-state index in [9.17, 15) is 4.79 Å². The predicted octanol–water partition coefficient (Wildman–Crippen LogP) is 2.32. The van der Waals surface area contributed by atoms with Crippen molar-refractivity contribution in [3.05, 3.63) is 76.0 Å². The van der Waals surface area contributed by atoms with Crippen LogP contribution in [0.5, 0.6) is 0 Å². The highest BCUT2D eigenvalue weighted by atomic mass is 16.1. The SMILES string of the molecule is O=c1[nH]c(-c2ccccc2)nc2c1CN(Cc1ccc[nH]1)CC2. The molecule has 2 aromatic heterocycles. The van der Waals surface area contributed by atoms with Gasteiger partial charge in [-0.05, 0) is 12.1 Å². The number of benzene rings is 1. The average Bonchev–Trinajstić information content (AvgIpc) is 3.09. The molecule has 1 aliphatic heterocycles. The van der Waals surface area contributed by atoms with Crippen molar-refractivity contribution < 1.29 is 0 Å². The Morgan fingerprint density at radius 3 is 2.78 bits per heavy atom. The van der Waals surface area contributed by atoms with E-state index in [0.717, 1.165) is 36.3 Å². The van der Waals surface area contributed by atoms with E-state index >= 15 is 0 Å². The standard InChI is InChI=1S/C18H18N4O/c23-18-15-12-22(11-14-7-4-9-19-14)10-8-16(15)20-17(21-18)13-5-2-1-3-6-13/h1-7,9,19H,8,10-12H2,(H,20,21,23). The lowest BCUT2D eigenvalue weighted by Gasteiger charge is -2.27. The van der Waals surface area contributed by atoms with Crippen LogP contribution >= 0.6 is 0 Å². The molecule has 0 aliphatic carbocycles. The second-order valence-corrected chi connectivity index (χ2v) is 5.86. The summed E-state index contributed by atoms with van der Waals surface area (Å²) >= 11 is 0. The third-order valence-electron chi connectivity index (χ3n) is 4.25. The third kappa shape index (κ3) is 2.83. The highest BCUT2D eigenvalue weighted by Crippen LogP contribution is 2.19. The van der Waals surface area contributed by atoms with E-state index in [-0.39, 0.29) is 5.56 Å². The van der Waals surface area contributed by atoms with Gasteiger partial charge in [0.1, 0.15) is 5.82 Å². The maximum absolute atomic E-state index is 12.5. The van der Waals surface area contributed by atoms with E-state index in [1.165, 1.54) is 5.69 Å². The van der Waals surface area contributed by atoms with E-state index in [1.54, 1.807) is 0 Å². The van der Waals surface area contributed by atoms with Crippen LogP contribution in [0.2, 0.25) is 0 Å². The van der Waals surface area contributed by atoms with Crippen molar-refractivity contribution in [2.24, 2.45) is 0 Å². The largest absolute Gasteiger partial charge is 0.364 e. The van der Waals surface area contributed by atoms with Gasteiger partial charge in [-0.2, -0.15) is 0 Å². The Labute approximate surface area is 134 Å². The van der Waals surface area contributed by atoms with E-state index in [4.69, 9.17) is 0 Å². The summed E-state index contributed by atoms with van der Waals surface area (Å²) in [6.07, 6.45) is 2.73. The number of rotatable bonds is 3. The number of aromatic nitrogens is 3. The Morgan fingerprint density at radius 1 is 1.13 bits per heavy atom. The number of aromatic amines is 2. The second kappa shape index (κ2) is 5.85. The Bertz CT molecular complexity index is 852. The molecule has 1 aliphatic rings. The molecular weight excluding hydrogens is 288 g/mol. The zero-order chi connectivity index (χ0) is 15.6. The van der Waals surface area contributed by atoms with Gasteiger partial charge in [-0.1, -0.05) is 30.3 Å². The van der Waals surface area contributed by atoms with Gasteiger partial charge >= 0.3 is 0 Å². The molecule has 5 heteroatoms. The smallest absolute Gasteiger partial charge is 0.255 e. The van der Waals surface area contributed by atoms with Crippen LogP contribution in [-0.4, -0.2) is 26.4 Å². The molecule has 3 heterocycles. The lowest BCUT2D eigenvalue weighted by Crippen LogP contribution is -2.35. The summed E-state index contributed by atoms with van der Waals surface area (Å²) in [5.41, 5.74) is 3.81. The molecule has 0 radical (unpaired) electrons. The number of nitrogens with one attached hydrogen (secondary N) is 2. The first-order valence-electron chi connectivity index (χ1n) is 7.82. The fourth-order valence-electron chi connectivity index (χ4n) is 3.06. The highest BCUT2D eigenvalue weighted by molar-refractivity contribution is 5.54. The van der Waals surface area contributed by atoms with Gasteiger partial charge in [0.2, 0.25) is 0 Å². The van der Waals surface area contributed by atoms with Crippen molar-refractivity contribution in [3.8, 4) is 11.4 Å². The van der Waals surface area contributed by atoms with Crippen molar-refractivity contribution in [1.82, 2.24) is 19.9 Å². The minimum atomic E-state index is -0.0231. The van der Waals surface area contributed by atoms with Crippen molar-refractivity contribution in [3.63, 3.8) is 0 Å². The summed E-state index contributed by atoms with van der Waals surface area (Å²) in [4.78, 5) is 25.6. The molecule has 0 spiro atoms. The first-order valence-corrected chi connectivity index (χ1v) is 7.82. The highest BCUT2D eigenvalue weighted by Gasteiger charge is 2.21. The number of hydrogen-bond donors (Lipinski definition) is 2. The maximum atomic E-state index is 12.5. The van der Waals surface area contributed by atoms with Gasteiger partial charge in [-0.25, -0.2) is 4.98 Å². The lowest BCUT2D eigenvalue weighted by molar-refractivity contribution is 0.239. The van der Waals surface area contributed by atoms with Crippen LogP contribution < -0.4 is 5.56 Å². The molecule has 1 aromatic carbocycles. The molecule has 0 fully saturated rings. The number of nitrogens with zero attached hydrogens (tertiary/aromatic N) is 2. The van der Waals surface area contributed by atoms with Gasteiger partial charge in [-0.15, -0.1) is 0 Å². The van der Waals surface area contributed by atoms with Crippen LogP contribution in [0.3, 0.4) is 0 Å². The molecule has 4 rings (SSSR count). The maximum Gasteiger partial charge on any atom is 0.255 e. The fourth-order valence-corrected chi connectivity index (χ4v) is 3.06. The predicted molar refractivity (Wildman–Crippen MR) is 88.9 cm³/mol. The number of hydrogen-bond acceptors (Lipinski definition) is 3. The molecule has 116 valence electrons. The van der Waals surface area contributed by atoms with Crippen LogP contribution in [0.15, 0.2) is 53.5 Å². The van der Waals surface area contributed by atoms with Crippen molar-refractivity contribution in [2.75, 3.05) is 6.54 Å². The average molecular weight is 306 g/mol. The summed E-state index contributed by atoms with van der Waals surface area (Å²) < 4.78 is 0. The topological polar surface area (TPSA) is 64.8 Å². The monoisotopic (exact) mass is 306 g/mol. The summed E-state index contributed by atoms with van der Waals surface area (Å²) in [6.45, 7) is 2.38. The molecule has 23 heavy (non-hydrogen) atoms. The summed E-state index contributed by atoms with van der Waals surface area (Å²) in [6, 6.07) is 13.8. The normalized spacial score (nSPS) is 14.6. The van der Waals surface area contributed by atoms with Gasteiger partial charge in [0.05, 0.1) is 11.3 Å². The van der Waals surface area contributed by atoms with Gasteiger partial charge in [0.25, 0.3) is 5.56 Å². The van der Waals surface area contributed by atoms with Crippen LogP contribution in [0.25, 0.3) is 11.4 Å². The first-order chi connectivity index (χ1) is 11.3. The summed E-state index contributed by atoms with van der Waals surface area (Å²) in [5.74, 6) is 0.659. The molecule has 5 nitrogen and oxygen atoms in total. The fraction of sp³-hybridized carbons (Fsp3) is 0.222. The van der Waals surface area contributed by atoms with E-state index in [2.05, 4.69) is 25.9 Å². The van der Waals surface area contributed by atoms with Gasteiger partial charge < -0.3 is 9.97 Å². The lowest BCUT2D eigenvalue weighted by atomic mass is 10.1. The van der Waals surface area contributed by atoms with Gasteiger partial charge in [0.15, 0.2) is 0 Å². The Hall–Kier alpha value is -2.66. The molecule has 0 amide bonds. The van der Waals surface area contributed by atoms with E-state index < -0.39 is 0 Å². The minimum absolute atomic E-state index is 0.0231. The molecule has 0 saturated carbocycles.